The van der Waals surface area contributed by atoms with Gasteiger partial charge in [0.05, 0.1) is 34.1 Å². The van der Waals surface area contributed by atoms with E-state index < -0.39 is 43.3 Å². The molecule has 0 radical (unpaired) electrons. The fraction of sp³-hybridized carbons (Fsp3) is 0.474. The molecule has 1 saturated heterocycles. The number of hydrogen-bond acceptors (Lipinski definition) is 6. The second-order valence-corrected chi connectivity index (χ2v) is 12.2. The summed E-state index contributed by atoms with van der Waals surface area (Å²) < 4.78 is 66.6. The molecule has 1 atom stereocenters. The van der Waals surface area contributed by atoms with E-state index in [0.29, 0.717) is 24.1 Å². The Balaban J connectivity index is 1.65. The van der Waals surface area contributed by atoms with E-state index in [1.54, 1.807) is 24.7 Å². The Hall–Kier alpha value is -2.06. The standard InChI is InChI=1S/C19H25ClFN5O5S2/c1-3-6-33(30,31)26-5-4-13(9-26)11-32(28,29)24-23-19(27)15-7-14(8-16(20)18(15)21)17-10-25(2)12-22-17/h7-8,10,12-13,24H,3-6,9,11H2,1-2H3,(H,23,27). The number of aromatic nitrogens is 2. The molecule has 0 saturated carbocycles. The highest BCUT2D eigenvalue weighted by Crippen LogP contribution is 2.27. The van der Waals surface area contributed by atoms with Crippen molar-refractivity contribution in [2.45, 2.75) is 19.8 Å². The molecule has 0 aliphatic carbocycles. The lowest BCUT2D eigenvalue weighted by molar-refractivity contribution is 0.0941. The Morgan fingerprint density at radius 2 is 2.03 bits per heavy atom. The van der Waals surface area contributed by atoms with Crippen molar-refractivity contribution in [3.8, 4) is 11.3 Å². The molecule has 10 nitrogen and oxygen atoms in total. The molecule has 0 spiro atoms. The number of sulfonamides is 2. The summed E-state index contributed by atoms with van der Waals surface area (Å²) in [5, 5.41) is -0.314. The number of carbonyl (C=O) groups is 1. The average Bonchev–Trinajstić information content (AvgIpc) is 3.37. The van der Waals surface area contributed by atoms with E-state index >= 15 is 0 Å². The summed E-state index contributed by atoms with van der Waals surface area (Å²) in [7, 11) is -5.67. The molecule has 2 heterocycles. The van der Waals surface area contributed by atoms with Crippen LogP contribution in [0.15, 0.2) is 24.7 Å². The van der Waals surface area contributed by atoms with Crippen LogP contribution in [-0.2, 0) is 27.1 Å². The van der Waals surface area contributed by atoms with Gasteiger partial charge in [-0.15, -0.1) is 4.83 Å². The van der Waals surface area contributed by atoms with Crippen LogP contribution in [0.4, 0.5) is 4.39 Å². The first-order chi connectivity index (χ1) is 15.4. The molecule has 1 aliphatic heterocycles. The molecule has 182 valence electrons. The van der Waals surface area contributed by atoms with Gasteiger partial charge in [0.1, 0.15) is 0 Å². The summed E-state index contributed by atoms with van der Waals surface area (Å²) in [6, 6.07) is 2.54. The molecule has 1 amide bonds. The van der Waals surface area contributed by atoms with E-state index in [0.717, 1.165) is 0 Å². The quantitative estimate of drug-likeness (QED) is 0.481. The SMILES string of the molecule is CCCS(=O)(=O)N1CCC(CS(=O)(=O)NNC(=O)c2cc(-c3cn(C)cn3)cc(Cl)c2F)C1. The number of imidazole rings is 1. The van der Waals surface area contributed by atoms with E-state index in [2.05, 4.69) is 4.98 Å². The Bertz CT molecular complexity index is 1250. The van der Waals surface area contributed by atoms with Crippen molar-refractivity contribution in [3.05, 3.63) is 41.1 Å². The smallest absolute Gasteiger partial charge is 0.269 e. The molecule has 1 unspecified atom stereocenters. The Kier molecular flexibility index (Phi) is 7.79. The Morgan fingerprint density at radius 3 is 2.67 bits per heavy atom. The minimum Gasteiger partial charge on any atom is -0.340 e. The van der Waals surface area contributed by atoms with Crippen molar-refractivity contribution in [1.82, 2.24) is 24.1 Å². The normalized spacial score (nSPS) is 17.4. The van der Waals surface area contributed by atoms with Crippen LogP contribution in [0.5, 0.6) is 0 Å². The minimum atomic E-state index is -4.01. The van der Waals surface area contributed by atoms with Crippen LogP contribution in [0.25, 0.3) is 11.3 Å². The zero-order chi connectivity index (χ0) is 24.4. The van der Waals surface area contributed by atoms with E-state index in [1.807, 2.05) is 10.3 Å². The topological polar surface area (TPSA) is 130 Å². The summed E-state index contributed by atoms with van der Waals surface area (Å²) in [4.78, 5) is 18.6. The number of hydrogen-bond donors (Lipinski definition) is 2. The predicted molar refractivity (Wildman–Crippen MR) is 122 cm³/mol. The van der Waals surface area contributed by atoms with Crippen LogP contribution in [0, 0.1) is 11.7 Å². The molecule has 1 aromatic carbocycles. The number of carbonyl (C=O) groups excluding carboxylic acids is 1. The van der Waals surface area contributed by atoms with E-state index in [-0.39, 0.29) is 29.6 Å². The van der Waals surface area contributed by atoms with Gasteiger partial charge in [-0.1, -0.05) is 18.5 Å². The van der Waals surface area contributed by atoms with Gasteiger partial charge in [0.25, 0.3) is 5.91 Å². The van der Waals surface area contributed by atoms with Crippen LogP contribution in [-0.4, -0.2) is 61.2 Å². The first-order valence-electron chi connectivity index (χ1n) is 10.2. The third-order valence-corrected chi connectivity index (χ3v) is 8.79. The van der Waals surface area contributed by atoms with Crippen LogP contribution in [0.3, 0.4) is 0 Å². The maximum absolute atomic E-state index is 14.5. The molecule has 1 aromatic heterocycles. The van der Waals surface area contributed by atoms with Gasteiger partial charge >= 0.3 is 0 Å². The van der Waals surface area contributed by atoms with Gasteiger partial charge in [0.2, 0.25) is 20.0 Å². The molecule has 2 aromatic rings. The third-order valence-electron chi connectivity index (χ3n) is 5.15. The third kappa shape index (κ3) is 6.29. The zero-order valence-corrected chi connectivity index (χ0v) is 20.5. The molecule has 1 aliphatic rings. The summed E-state index contributed by atoms with van der Waals surface area (Å²) in [6.45, 7) is 2.09. The molecule has 14 heteroatoms. The van der Waals surface area contributed by atoms with Gasteiger partial charge in [-0.25, -0.2) is 30.5 Å². The highest BCUT2D eigenvalue weighted by atomic mass is 35.5. The first kappa shape index (κ1) is 25.6. The number of halogens is 2. The van der Waals surface area contributed by atoms with Crippen molar-refractivity contribution in [3.63, 3.8) is 0 Å². The number of amides is 1. The number of nitrogens with zero attached hydrogens (tertiary/aromatic N) is 3. The van der Waals surface area contributed by atoms with Crippen molar-refractivity contribution >= 4 is 37.6 Å². The molecule has 0 bridgehead atoms. The van der Waals surface area contributed by atoms with Crippen LogP contribution in [0.2, 0.25) is 5.02 Å². The van der Waals surface area contributed by atoms with Gasteiger partial charge in [0.15, 0.2) is 5.82 Å². The lowest BCUT2D eigenvalue weighted by atomic mass is 10.1. The summed E-state index contributed by atoms with van der Waals surface area (Å²) >= 11 is 5.91. The summed E-state index contributed by atoms with van der Waals surface area (Å²) in [6.07, 6.45) is 4.03. The van der Waals surface area contributed by atoms with Gasteiger partial charge in [-0.3, -0.25) is 10.2 Å². The molecular formula is C19H25ClFN5O5S2. The number of aryl methyl sites for hydroxylation is 1. The molecule has 3 rings (SSSR count). The van der Waals surface area contributed by atoms with Crippen molar-refractivity contribution in [2.75, 3.05) is 24.6 Å². The fourth-order valence-electron chi connectivity index (χ4n) is 3.58. The van der Waals surface area contributed by atoms with Gasteiger partial charge in [-0.05, 0) is 30.9 Å². The lowest BCUT2D eigenvalue weighted by Gasteiger charge is -2.16. The largest absolute Gasteiger partial charge is 0.340 e. The van der Waals surface area contributed by atoms with E-state index in [1.165, 1.54) is 22.8 Å². The number of hydrazine groups is 1. The maximum atomic E-state index is 14.5. The van der Waals surface area contributed by atoms with Crippen molar-refractivity contribution in [1.29, 1.82) is 0 Å². The van der Waals surface area contributed by atoms with Crippen molar-refractivity contribution in [2.24, 2.45) is 13.0 Å². The molecular weight excluding hydrogens is 497 g/mol. The predicted octanol–water partition coefficient (Wildman–Crippen LogP) is 1.51. The van der Waals surface area contributed by atoms with Crippen LogP contribution < -0.4 is 10.3 Å². The number of rotatable bonds is 9. The monoisotopic (exact) mass is 521 g/mol. The van der Waals surface area contributed by atoms with Gasteiger partial charge < -0.3 is 4.57 Å². The number of nitrogens with one attached hydrogen (secondary N) is 2. The summed E-state index contributed by atoms with van der Waals surface area (Å²) in [5.41, 5.74) is 2.38. The highest BCUT2D eigenvalue weighted by Gasteiger charge is 2.33. The van der Waals surface area contributed by atoms with Crippen molar-refractivity contribution < 1.29 is 26.0 Å². The van der Waals surface area contributed by atoms with Gasteiger partial charge in [0, 0.05) is 31.9 Å². The molecule has 33 heavy (non-hydrogen) atoms. The summed E-state index contributed by atoms with van der Waals surface area (Å²) in [5.74, 6) is -2.84. The van der Waals surface area contributed by atoms with Crippen LogP contribution in [0.1, 0.15) is 30.1 Å². The highest BCUT2D eigenvalue weighted by molar-refractivity contribution is 7.89. The molecule has 2 N–H and O–H groups in total. The first-order valence-corrected chi connectivity index (χ1v) is 13.8. The number of benzene rings is 1. The second kappa shape index (κ2) is 10.1. The van der Waals surface area contributed by atoms with Crippen LogP contribution >= 0.6 is 11.6 Å². The Labute approximate surface area is 197 Å². The minimum absolute atomic E-state index is 0.00641. The Morgan fingerprint density at radius 1 is 1.30 bits per heavy atom. The second-order valence-electron chi connectivity index (χ2n) is 7.91. The maximum Gasteiger partial charge on any atom is 0.269 e. The zero-order valence-electron chi connectivity index (χ0n) is 18.1. The van der Waals surface area contributed by atoms with E-state index in [4.69, 9.17) is 11.6 Å². The lowest BCUT2D eigenvalue weighted by Crippen LogP contribution is -2.44. The van der Waals surface area contributed by atoms with Gasteiger partial charge in [-0.2, -0.15) is 0 Å². The average molecular weight is 522 g/mol. The fourth-order valence-corrected chi connectivity index (χ4v) is 6.62. The van der Waals surface area contributed by atoms with E-state index in [9.17, 15) is 26.0 Å². The molecule has 1 fully saturated rings.